The van der Waals surface area contributed by atoms with Crippen LogP contribution in [-0.2, 0) is 9.53 Å². The van der Waals surface area contributed by atoms with Crippen LogP contribution in [0.2, 0.25) is 0 Å². The molecule has 2 rings (SSSR count). The van der Waals surface area contributed by atoms with Gasteiger partial charge in [0.25, 0.3) is 0 Å². The lowest BCUT2D eigenvalue weighted by Crippen LogP contribution is -2.50. The smallest absolute Gasteiger partial charge is 0.307 e. The van der Waals surface area contributed by atoms with E-state index in [1.54, 1.807) is 7.11 Å². The molecule has 1 aromatic rings. The topological polar surface area (TPSA) is 42.0 Å². The molecule has 1 aliphatic rings. The number of methoxy groups -OCH3 is 2. The lowest BCUT2D eigenvalue weighted by molar-refractivity contribution is -0.141. The van der Waals surface area contributed by atoms with Gasteiger partial charge in [-0.3, -0.25) is 9.69 Å². The van der Waals surface area contributed by atoms with E-state index in [1.165, 1.54) is 12.8 Å². The van der Waals surface area contributed by atoms with Gasteiger partial charge in [-0.2, -0.15) is 0 Å². The van der Waals surface area contributed by atoms with Crippen molar-refractivity contribution in [3.63, 3.8) is 0 Å². The third-order valence-electron chi connectivity index (χ3n) is 4.06. The second-order valence-electron chi connectivity index (χ2n) is 5.35. The molecule has 1 fully saturated rings. The normalized spacial score (nSPS) is 17.4. The van der Waals surface area contributed by atoms with Crippen LogP contribution in [0.3, 0.4) is 0 Å². The van der Waals surface area contributed by atoms with Gasteiger partial charge in [0, 0.05) is 37.9 Å². The van der Waals surface area contributed by atoms with Crippen LogP contribution in [0.1, 0.15) is 13.3 Å². The molecular weight excluding hydrogens is 268 g/mol. The van der Waals surface area contributed by atoms with Crippen LogP contribution in [0, 0.1) is 0 Å². The number of nitrogens with zero attached hydrogens (tertiary/aromatic N) is 2. The van der Waals surface area contributed by atoms with Crippen molar-refractivity contribution in [2.75, 3.05) is 45.3 Å². The predicted molar refractivity (Wildman–Crippen MR) is 82.9 cm³/mol. The Morgan fingerprint density at radius 3 is 2.29 bits per heavy atom. The molecule has 1 heterocycles. The van der Waals surface area contributed by atoms with Gasteiger partial charge in [0.1, 0.15) is 5.75 Å². The van der Waals surface area contributed by atoms with Crippen molar-refractivity contribution in [2.45, 2.75) is 19.4 Å². The van der Waals surface area contributed by atoms with Gasteiger partial charge in [0.15, 0.2) is 0 Å². The number of benzene rings is 1. The lowest BCUT2D eigenvalue weighted by atomic mass is 10.1. The predicted octanol–water partition coefficient (Wildman–Crippen LogP) is 1.77. The number of anilines is 1. The Kier molecular flexibility index (Phi) is 5.44. The number of carbonyl (C=O) groups is 1. The van der Waals surface area contributed by atoms with Gasteiger partial charge in [-0.15, -0.1) is 0 Å². The Balaban J connectivity index is 1.86. The molecule has 1 atom stereocenters. The van der Waals surface area contributed by atoms with Crippen molar-refractivity contribution in [2.24, 2.45) is 0 Å². The number of carbonyl (C=O) groups excluding carboxylic acids is 1. The summed E-state index contributed by atoms with van der Waals surface area (Å²) in [6, 6.07) is 8.39. The van der Waals surface area contributed by atoms with E-state index in [2.05, 4.69) is 28.9 Å². The van der Waals surface area contributed by atoms with Crippen molar-refractivity contribution < 1.29 is 14.3 Å². The zero-order chi connectivity index (χ0) is 15.2. The van der Waals surface area contributed by atoms with Crippen molar-refractivity contribution in [1.82, 2.24) is 4.90 Å². The molecule has 21 heavy (non-hydrogen) atoms. The van der Waals surface area contributed by atoms with Gasteiger partial charge in [-0.1, -0.05) is 0 Å². The molecule has 0 saturated carbocycles. The average molecular weight is 292 g/mol. The SMILES string of the molecule is COC(=O)CC(C)N1CCN(c2ccc(OC)cc2)CC1. The van der Waals surface area contributed by atoms with E-state index < -0.39 is 0 Å². The molecule has 1 aliphatic heterocycles. The highest BCUT2D eigenvalue weighted by Gasteiger charge is 2.23. The quantitative estimate of drug-likeness (QED) is 0.774. The van der Waals surface area contributed by atoms with Gasteiger partial charge >= 0.3 is 5.97 Å². The molecule has 5 heteroatoms. The largest absolute Gasteiger partial charge is 0.497 e. The monoisotopic (exact) mass is 292 g/mol. The molecule has 0 amide bonds. The highest BCUT2D eigenvalue weighted by Crippen LogP contribution is 2.21. The minimum Gasteiger partial charge on any atom is -0.497 e. The molecule has 0 aromatic heterocycles. The Hall–Kier alpha value is -1.75. The highest BCUT2D eigenvalue weighted by molar-refractivity contribution is 5.69. The van der Waals surface area contributed by atoms with Gasteiger partial charge in [0.05, 0.1) is 20.6 Å². The molecule has 1 saturated heterocycles. The minimum atomic E-state index is -0.139. The number of hydrogen-bond donors (Lipinski definition) is 0. The third-order valence-corrected chi connectivity index (χ3v) is 4.06. The van der Waals surface area contributed by atoms with Crippen LogP contribution < -0.4 is 9.64 Å². The minimum absolute atomic E-state index is 0.139. The van der Waals surface area contributed by atoms with Gasteiger partial charge in [-0.05, 0) is 31.2 Å². The number of esters is 1. The van der Waals surface area contributed by atoms with E-state index in [9.17, 15) is 4.79 Å². The second-order valence-corrected chi connectivity index (χ2v) is 5.35. The first-order chi connectivity index (χ1) is 10.1. The molecule has 0 bridgehead atoms. The maximum Gasteiger partial charge on any atom is 0.307 e. The summed E-state index contributed by atoms with van der Waals surface area (Å²) in [5.74, 6) is 0.740. The Labute approximate surface area is 126 Å². The van der Waals surface area contributed by atoms with E-state index in [0.717, 1.165) is 31.9 Å². The number of rotatable bonds is 5. The fraction of sp³-hybridized carbons (Fsp3) is 0.562. The molecule has 0 aliphatic carbocycles. The molecule has 116 valence electrons. The molecule has 5 nitrogen and oxygen atoms in total. The standard InChI is InChI=1S/C16H24N2O3/c1-13(12-16(19)21-3)17-8-10-18(11-9-17)14-4-6-15(20-2)7-5-14/h4-7,13H,8-12H2,1-3H3. The summed E-state index contributed by atoms with van der Waals surface area (Å²) in [6.07, 6.45) is 0.457. The summed E-state index contributed by atoms with van der Waals surface area (Å²) in [6.45, 7) is 5.95. The summed E-state index contributed by atoms with van der Waals surface area (Å²) in [7, 11) is 3.12. The first-order valence-corrected chi connectivity index (χ1v) is 7.34. The summed E-state index contributed by atoms with van der Waals surface area (Å²) < 4.78 is 9.92. The number of hydrogen-bond acceptors (Lipinski definition) is 5. The van der Waals surface area contributed by atoms with Crippen LogP contribution in [0.5, 0.6) is 5.75 Å². The van der Waals surface area contributed by atoms with E-state index in [0.29, 0.717) is 6.42 Å². The summed E-state index contributed by atoms with van der Waals surface area (Å²) in [4.78, 5) is 16.0. The molecule has 1 aromatic carbocycles. The Morgan fingerprint density at radius 1 is 1.14 bits per heavy atom. The highest BCUT2D eigenvalue weighted by atomic mass is 16.5. The first-order valence-electron chi connectivity index (χ1n) is 7.34. The second kappa shape index (κ2) is 7.31. The molecule has 1 unspecified atom stereocenters. The first kappa shape index (κ1) is 15.6. The van der Waals surface area contributed by atoms with E-state index >= 15 is 0 Å². The summed E-state index contributed by atoms with van der Waals surface area (Å²) in [5, 5.41) is 0. The Bertz CT molecular complexity index is 453. The van der Waals surface area contributed by atoms with Crippen LogP contribution in [-0.4, -0.2) is 57.3 Å². The van der Waals surface area contributed by atoms with Crippen LogP contribution in [0.15, 0.2) is 24.3 Å². The van der Waals surface area contributed by atoms with E-state index in [1.807, 2.05) is 12.1 Å². The van der Waals surface area contributed by atoms with Crippen LogP contribution >= 0.6 is 0 Å². The van der Waals surface area contributed by atoms with Gasteiger partial charge < -0.3 is 14.4 Å². The van der Waals surface area contributed by atoms with Crippen molar-refractivity contribution in [1.29, 1.82) is 0 Å². The fourth-order valence-electron chi connectivity index (χ4n) is 2.67. The maximum absolute atomic E-state index is 11.3. The molecule has 0 spiro atoms. The zero-order valence-electron chi connectivity index (χ0n) is 13.0. The van der Waals surface area contributed by atoms with Crippen LogP contribution in [0.4, 0.5) is 5.69 Å². The zero-order valence-corrected chi connectivity index (χ0v) is 13.0. The van der Waals surface area contributed by atoms with E-state index in [-0.39, 0.29) is 12.0 Å². The van der Waals surface area contributed by atoms with Crippen molar-refractivity contribution in [3.05, 3.63) is 24.3 Å². The fourth-order valence-corrected chi connectivity index (χ4v) is 2.67. The van der Waals surface area contributed by atoms with Crippen LogP contribution in [0.25, 0.3) is 0 Å². The molecule has 0 radical (unpaired) electrons. The van der Waals surface area contributed by atoms with Crippen molar-refractivity contribution in [3.8, 4) is 5.75 Å². The number of ether oxygens (including phenoxy) is 2. The maximum atomic E-state index is 11.3. The molecule has 0 N–H and O–H groups in total. The average Bonchev–Trinajstić information content (AvgIpc) is 2.55. The Morgan fingerprint density at radius 2 is 1.76 bits per heavy atom. The van der Waals surface area contributed by atoms with E-state index in [4.69, 9.17) is 9.47 Å². The number of piperazine rings is 1. The third kappa shape index (κ3) is 4.11. The van der Waals surface area contributed by atoms with Gasteiger partial charge in [0.2, 0.25) is 0 Å². The lowest BCUT2D eigenvalue weighted by Gasteiger charge is -2.38. The van der Waals surface area contributed by atoms with Crippen molar-refractivity contribution >= 4 is 11.7 Å². The molecular formula is C16H24N2O3. The summed E-state index contributed by atoms with van der Waals surface area (Å²) in [5.41, 5.74) is 1.22. The summed E-state index contributed by atoms with van der Waals surface area (Å²) >= 11 is 0. The van der Waals surface area contributed by atoms with Gasteiger partial charge in [-0.25, -0.2) is 0 Å².